The van der Waals surface area contributed by atoms with Gasteiger partial charge in [0.2, 0.25) is 5.91 Å². The molecule has 0 radical (unpaired) electrons. The third-order valence-corrected chi connectivity index (χ3v) is 13.2. The van der Waals surface area contributed by atoms with Gasteiger partial charge in [-0.1, -0.05) is 85.4 Å². The number of hydrogen-bond acceptors (Lipinski definition) is 7. The Hall–Kier alpha value is -4.15. The molecular formula is C45H54N2O7. The minimum Gasteiger partial charge on any atom is -0.390 e. The number of para-hydroxylation sites is 1. The second-order valence-corrected chi connectivity index (χ2v) is 16.3. The maximum absolute atomic E-state index is 15.9. The molecule has 3 heterocycles. The standard InChI is InChI=1S/C45H54N2O7/c1-6-7-8-14-28-23-54-42(40(28)50)31-16-12-17-32-36(31)41(51)38(48)25(3)20-24(2)13-11-18-33-39(49)27(5)26(4)37-35(47-44(53)45(33,37)43(32)52)21-29-22-46-34-19-10-9-15-30(29)34/h6-12,14-16,18-20,22,24,28,31-33,35-40,42,46,48-50H,13,17,21,23H2,1-5H3,(H,47,53). The number of rotatable bonds is 5. The first-order chi connectivity index (χ1) is 25.9. The first kappa shape index (κ1) is 38.1. The number of allylic oxidation sites excluding steroid dienone is 6. The van der Waals surface area contributed by atoms with Crippen molar-refractivity contribution in [2.45, 2.75) is 84.3 Å². The van der Waals surface area contributed by atoms with E-state index in [1.807, 2.05) is 113 Å². The zero-order valence-corrected chi connectivity index (χ0v) is 31.8. The summed E-state index contributed by atoms with van der Waals surface area (Å²) in [6.45, 7) is 9.64. The molecule has 13 unspecified atom stereocenters. The summed E-state index contributed by atoms with van der Waals surface area (Å²) < 4.78 is 6.25. The Kier molecular flexibility index (Phi) is 10.7. The monoisotopic (exact) mass is 734 g/mol. The lowest BCUT2D eigenvalue weighted by molar-refractivity contribution is -0.156. The van der Waals surface area contributed by atoms with Crippen molar-refractivity contribution in [3.8, 4) is 0 Å². The van der Waals surface area contributed by atoms with E-state index in [0.29, 0.717) is 18.4 Å². The summed E-state index contributed by atoms with van der Waals surface area (Å²) in [6, 6.07) is 7.50. The van der Waals surface area contributed by atoms with Crippen molar-refractivity contribution in [3.63, 3.8) is 0 Å². The molecule has 9 heteroatoms. The van der Waals surface area contributed by atoms with Crippen molar-refractivity contribution in [2.75, 3.05) is 6.61 Å². The van der Waals surface area contributed by atoms with Gasteiger partial charge in [0.1, 0.15) is 11.5 Å². The number of ketones is 2. The van der Waals surface area contributed by atoms with Crippen molar-refractivity contribution in [1.29, 1.82) is 0 Å². The molecule has 5 N–H and O–H groups in total. The number of fused-ring (bicyclic) bond motifs is 2. The molecule has 3 aliphatic carbocycles. The number of aliphatic hydroxyl groups excluding tert-OH is 3. The Labute approximate surface area is 317 Å². The highest BCUT2D eigenvalue weighted by Gasteiger charge is 2.69. The van der Waals surface area contributed by atoms with Crippen LogP contribution in [0.5, 0.6) is 0 Å². The molecule has 1 aromatic carbocycles. The van der Waals surface area contributed by atoms with Crippen molar-refractivity contribution < 1.29 is 34.4 Å². The van der Waals surface area contributed by atoms with Crippen LogP contribution in [0.15, 0.2) is 102 Å². The van der Waals surface area contributed by atoms with Crippen LogP contribution in [-0.2, 0) is 25.5 Å². The summed E-state index contributed by atoms with van der Waals surface area (Å²) >= 11 is 0. The molecule has 286 valence electrons. The number of carbonyl (C=O) groups is 3. The molecule has 2 saturated heterocycles. The molecule has 1 aromatic heterocycles. The summed E-state index contributed by atoms with van der Waals surface area (Å²) in [5.41, 5.74) is 2.24. The summed E-state index contributed by atoms with van der Waals surface area (Å²) in [5, 5.41) is 39.7. The van der Waals surface area contributed by atoms with Gasteiger partial charge in [-0.3, -0.25) is 14.4 Å². The van der Waals surface area contributed by atoms with E-state index in [0.717, 1.165) is 27.6 Å². The molecule has 2 fully saturated rings. The number of Topliss-reactive ketones (excluding diaryl/α,β-unsaturated/α-hetero) is 2. The molecule has 7 rings (SSSR count). The van der Waals surface area contributed by atoms with Crippen molar-refractivity contribution in [3.05, 3.63) is 107 Å². The Bertz CT molecular complexity index is 1980. The molecule has 0 saturated carbocycles. The zero-order chi connectivity index (χ0) is 38.5. The number of H-pyrrole nitrogens is 1. The van der Waals surface area contributed by atoms with Crippen molar-refractivity contribution in [1.82, 2.24) is 10.3 Å². The van der Waals surface area contributed by atoms with E-state index in [4.69, 9.17) is 4.74 Å². The van der Waals surface area contributed by atoms with E-state index in [1.165, 1.54) is 0 Å². The molecule has 9 nitrogen and oxygen atoms in total. The molecule has 5 aliphatic rings. The fourth-order valence-corrected chi connectivity index (χ4v) is 10.4. The second kappa shape index (κ2) is 15.2. The average molecular weight is 735 g/mol. The highest BCUT2D eigenvalue weighted by molar-refractivity contribution is 6.12. The van der Waals surface area contributed by atoms with Crippen LogP contribution in [-0.4, -0.2) is 74.8 Å². The van der Waals surface area contributed by atoms with E-state index in [-0.39, 0.29) is 24.9 Å². The van der Waals surface area contributed by atoms with Crippen LogP contribution in [0.3, 0.4) is 0 Å². The average Bonchev–Trinajstić information content (AvgIpc) is 3.83. The lowest BCUT2D eigenvalue weighted by Gasteiger charge is -2.49. The molecular weight excluding hydrogens is 681 g/mol. The van der Waals surface area contributed by atoms with E-state index in [1.54, 1.807) is 6.92 Å². The Morgan fingerprint density at radius 3 is 2.52 bits per heavy atom. The van der Waals surface area contributed by atoms with E-state index in [2.05, 4.69) is 10.3 Å². The summed E-state index contributed by atoms with van der Waals surface area (Å²) in [4.78, 5) is 49.1. The van der Waals surface area contributed by atoms with Crippen LogP contribution in [0.2, 0.25) is 0 Å². The maximum atomic E-state index is 15.9. The molecule has 0 bridgehead atoms. The third kappa shape index (κ3) is 6.23. The minimum atomic E-state index is -1.74. The largest absolute Gasteiger partial charge is 0.390 e. The number of hydrogen-bond donors (Lipinski definition) is 5. The highest BCUT2D eigenvalue weighted by atomic mass is 16.5. The molecule has 1 amide bonds. The van der Waals surface area contributed by atoms with Gasteiger partial charge in [-0.05, 0) is 75.7 Å². The third-order valence-electron chi connectivity index (χ3n) is 13.2. The lowest BCUT2D eigenvalue weighted by Crippen LogP contribution is -2.59. The van der Waals surface area contributed by atoms with Gasteiger partial charge in [-0.2, -0.15) is 0 Å². The molecule has 2 aromatic rings. The van der Waals surface area contributed by atoms with Crippen LogP contribution in [0.4, 0.5) is 0 Å². The number of aromatic nitrogens is 1. The van der Waals surface area contributed by atoms with Crippen LogP contribution in [0.25, 0.3) is 10.9 Å². The van der Waals surface area contributed by atoms with Gasteiger partial charge >= 0.3 is 0 Å². The Balaban J connectivity index is 1.38. The van der Waals surface area contributed by atoms with Gasteiger partial charge in [0.25, 0.3) is 0 Å². The van der Waals surface area contributed by atoms with Crippen molar-refractivity contribution >= 4 is 28.4 Å². The van der Waals surface area contributed by atoms with Gasteiger partial charge in [0, 0.05) is 58.6 Å². The second-order valence-electron chi connectivity index (χ2n) is 16.3. The van der Waals surface area contributed by atoms with Crippen LogP contribution >= 0.6 is 0 Å². The van der Waals surface area contributed by atoms with Gasteiger partial charge < -0.3 is 30.4 Å². The van der Waals surface area contributed by atoms with Gasteiger partial charge in [-0.25, -0.2) is 0 Å². The predicted molar refractivity (Wildman–Crippen MR) is 208 cm³/mol. The van der Waals surface area contributed by atoms with E-state index >= 15 is 9.59 Å². The van der Waals surface area contributed by atoms with E-state index in [9.17, 15) is 20.1 Å². The first-order valence-corrected chi connectivity index (χ1v) is 19.5. The highest BCUT2D eigenvalue weighted by Crippen LogP contribution is 2.57. The number of ether oxygens (including phenoxy) is 1. The molecule has 54 heavy (non-hydrogen) atoms. The predicted octanol–water partition coefficient (Wildman–Crippen LogP) is 5.50. The summed E-state index contributed by atoms with van der Waals surface area (Å²) in [7, 11) is 0. The number of amides is 1. The number of nitrogens with one attached hydrogen (secondary N) is 2. The molecule has 2 aliphatic heterocycles. The summed E-state index contributed by atoms with van der Waals surface area (Å²) in [5.74, 6) is -6.21. The number of aliphatic hydroxyl groups is 3. The van der Waals surface area contributed by atoms with Crippen LogP contribution < -0.4 is 5.32 Å². The topological polar surface area (TPSA) is 149 Å². The van der Waals surface area contributed by atoms with Crippen LogP contribution in [0, 0.1) is 46.8 Å². The van der Waals surface area contributed by atoms with E-state index < -0.39 is 82.9 Å². The van der Waals surface area contributed by atoms with Gasteiger partial charge in [-0.15, -0.1) is 0 Å². The van der Waals surface area contributed by atoms with Crippen LogP contribution in [0.1, 0.15) is 53.0 Å². The molecule has 1 spiro atoms. The smallest absolute Gasteiger partial charge is 0.235 e. The van der Waals surface area contributed by atoms with Crippen molar-refractivity contribution in [2.24, 2.45) is 46.8 Å². The number of benzene rings is 1. The maximum Gasteiger partial charge on any atom is 0.235 e. The van der Waals surface area contributed by atoms with Gasteiger partial charge in [0.15, 0.2) is 11.6 Å². The minimum absolute atomic E-state index is 0.0828. The Morgan fingerprint density at radius 1 is 0.981 bits per heavy atom. The first-order valence-electron chi connectivity index (χ1n) is 19.5. The Morgan fingerprint density at radius 2 is 1.74 bits per heavy atom. The molecule has 13 atom stereocenters. The van der Waals surface area contributed by atoms with Gasteiger partial charge in [0.05, 0.1) is 24.9 Å². The SMILES string of the molecule is CC=CC=CC1COC(C2C=CCC3C(=O)C45C(=O)NC(Cc6c[nH]c7ccccc67)C4C(C)=C(C)C(O)C5C=CCC(C)C=C(C)C(O)C(=O)C32)C1O. The number of carbonyl (C=O) groups excluding carboxylic acids is 3. The normalized spacial score (nSPS) is 39.0. The summed E-state index contributed by atoms with van der Waals surface area (Å²) in [6.07, 6.45) is 15.5. The lowest BCUT2D eigenvalue weighted by atomic mass is 9.51. The quantitative estimate of drug-likeness (QED) is 0.155. The number of aromatic amines is 1. The fraction of sp³-hybridized carbons (Fsp3) is 0.489. The fourth-order valence-electron chi connectivity index (χ4n) is 10.4. The zero-order valence-electron chi connectivity index (χ0n) is 31.8.